The zero-order valence-electron chi connectivity index (χ0n) is 12.2. The van der Waals surface area contributed by atoms with Crippen molar-refractivity contribution in [3.63, 3.8) is 0 Å². The minimum absolute atomic E-state index is 0.672. The quantitative estimate of drug-likeness (QED) is 0.748. The van der Waals surface area contributed by atoms with Crippen LogP contribution in [-0.2, 0) is 5.75 Å². The third-order valence-corrected chi connectivity index (χ3v) is 4.53. The summed E-state index contributed by atoms with van der Waals surface area (Å²) in [7, 11) is 0. The van der Waals surface area contributed by atoms with Crippen molar-refractivity contribution in [3.05, 3.63) is 35.4 Å². The van der Waals surface area contributed by atoms with Gasteiger partial charge in [-0.15, -0.1) is 0 Å². The van der Waals surface area contributed by atoms with Crippen LogP contribution in [0, 0.1) is 6.92 Å². The van der Waals surface area contributed by atoms with Gasteiger partial charge in [0, 0.05) is 23.6 Å². The maximum atomic E-state index is 3.65. The molecule has 0 saturated heterocycles. The summed E-state index contributed by atoms with van der Waals surface area (Å²) in [6.07, 6.45) is 2.46. The Morgan fingerprint density at radius 1 is 1.22 bits per heavy atom. The summed E-state index contributed by atoms with van der Waals surface area (Å²) in [6, 6.07) is 9.51. The van der Waals surface area contributed by atoms with E-state index >= 15 is 0 Å². The molecule has 1 nitrogen and oxygen atoms in total. The lowest BCUT2D eigenvalue weighted by Gasteiger charge is -2.18. The van der Waals surface area contributed by atoms with Gasteiger partial charge in [0.1, 0.15) is 0 Å². The molecule has 0 radical (unpaired) electrons. The van der Waals surface area contributed by atoms with Gasteiger partial charge in [0.25, 0.3) is 0 Å². The fourth-order valence-electron chi connectivity index (χ4n) is 2.01. The number of hydrogen-bond acceptors (Lipinski definition) is 2. The summed E-state index contributed by atoms with van der Waals surface area (Å²) in [6.45, 7) is 10.1. The molecule has 1 N–H and O–H groups in total. The Morgan fingerprint density at radius 2 is 1.94 bits per heavy atom. The second-order valence-electron chi connectivity index (χ2n) is 5.03. The zero-order chi connectivity index (χ0) is 13.4. The first-order valence-electron chi connectivity index (χ1n) is 7.06. The van der Waals surface area contributed by atoms with Crippen LogP contribution in [0.2, 0.25) is 0 Å². The molecule has 0 aromatic heterocycles. The van der Waals surface area contributed by atoms with Crippen LogP contribution in [0.4, 0.5) is 0 Å². The summed E-state index contributed by atoms with van der Waals surface area (Å²) in [4.78, 5) is 0. The van der Waals surface area contributed by atoms with Crippen molar-refractivity contribution >= 4 is 11.8 Å². The third-order valence-electron chi connectivity index (χ3n) is 3.30. The highest BCUT2D eigenvalue weighted by molar-refractivity contribution is 7.99. The lowest BCUT2D eigenvalue weighted by Crippen LogP contribution is -2.32. The van der Waals surface area contributed by atoms with Crippen molar-refractivity contribution in [2.24, 2.45) is 0 Å². The van der Waals surface area contributed by atoms with Gasteiger partial charge >= 0.3 is 0 Å². The Labute approximate surface area is 117 Å². The number of nitrogens with one attached hydrogen (secondary N) is 1. The molecule has 102 valence electrons. The lowest BCUT2D eigenvalue weighted by molar-refractivity contribution is 0.488. The molecule has 0 bridgehead atoms. The molecular weight excluding hydrogens is 238 g/mol. The van der Waals surface area contributed by atoms with Crippen molar-refractivity contribution in [1.29, 1.82) is 0 Å². The van der Waals surface area contributed by atoms with Crippen LogP contribution >= 0.6 is 11.8 Å². The van der Waals surface area contributed by atoms with Crippen molar-refractivity contribution in [2.75, 3.05) is 6.54 Å². The van der Waals surface area contributed by atoms with E-state index in [1.54, 1.807) is 0 Å². The van der Waals surface area contributed by atoms with Gasteiger partial charge < -0.3 is 5.32 Å². The van der Waals surface area contributed by atoms with Gasteiger partial charge in [-0.3, -0.25) is 0 Å². The summed E-state index contributed by atoms with van der Waals surface area (Å²) in [5.41, 5.74) is 2.80. The lowest BCUT2D eigenvalue weighted by atomic mass is 10.2. The largest absolute Gasteiger partial charge is 0.313 e. The minimum Gasteiger partial charge on any atom is -0.313 e. The molecule has 0 spiro atoms. The van der Waals surface area contributed by atoms with Crippen LogP contribution in [0.1, 0.15) is 44.7 Å². The maximum Gasteiger partial charge on any atom is 0.0187 e. The molecule has 1 aromatic carbocycles. The van der Waals surface area contributed by atoms with E-state index in [9.17, 15) is 0 Å². The molecule has 0 aliphatic carbocycles. The average molecular weight is 265 g/mol. The van der Waals surface area contributed by atoms with E-state index in [-0.39, 0.29) is 0 Å². The first kappa shape index (κ1) is 15.6. The van der Waals surface area contributed by atoms with Crippen molar-refractivity contribution in [1.82, 2.24) is 5.32 Å². The molecular formula is C16H27NS. The molecule has 0 saturated carbocycles. The SMILES string of the molecule is CCC(CC)NCC(C)SCc1cccc(C)c1. The molecule has 0 fully saturated rings. The molecule has 1 aromatic rings. The normalized spacial score (nSPS) is 12.9. The molecule has 0 heterocycles. The van der Waals surface area contributed by atoms with Crippen LogP contribution in [0.15, 0.2) is 24.3 Å². The van der Waals surface area contributed by atoms with Gasteiger partial charge in [-0.25, -0.2) is 0 Å². The van der Waals surface area contributed by atoms with E-state index in [0.29, 0.717) is 11.3 Å². The maximum absolute atomic E-state index is 3.65. The second kappa shape index (κ2) is 8.60. The second-order valence-corrected chi connectivity index (χ2v) is 6.46. The zero-order valence-corrected chi connectivity index (χ0v) is 13.0. The van der Waals surface area contributed by atoms with Gasteiger partial charge in [0.2, 0.25) is 0 Å². The Morgan fingerprint density at radius 3 is 2.56 bits per heavy atom. The van der Waals surface area contributed by atoms with Crippen LogP contribution in [0.5, 0.6) is 0 Å². The van der Waals surface area contributed by atoms with E-state index in [1.807, 2.05) is 11.8 Å². The topological polar surface area (TPSA) is 12.0 Å². The summed E-state index contributed by atoms with van der Waals surface area (Å²) < 4.78 is 0. The van der Waals surface area contributed by atoms with E-state index in [1.165, 1.54) is 24.0 Å². The molecule has 18 heavy (non-hydrogen) atoms. The molecule has 0 aliphatic heterocycles. The number of aryl methyl sites for hydroxylation is 1. The monoisotopic (exact) mass is 265 g/mol. The predicted molar refractivity (Wildman–Crippen MR) is 84.3 cm³/mol. The summed E-state index contributed by atoms with van der Waals surface area (Å²) in [5, 5.41) is 4.32. The summed E-state index contributed by atoms with van der Waals surface area (Å²) in [5.74, 6) is 1.12. The molecule has 2 heteroatoms. The minimum atomic E-state index is 0.672. The highest BCUT2D eigenvalue weighted by Gasteiger charge is 2.07. The number of thioether (sulfide) groups is 1. The third kappa shape index (κ3) is 5.92. The summed E-state index contributed by atoms with van der Waals surface area (Å²) >= 11 is 2.04. The Balaban J connectivity index is 2.26. The Hall–Kier alpha value is -0.470. The molecule has 0 amide bonds. The van der Waals surface area contributed by atoms with Crippen LogP contribution in [0.3, 0.4) is 0 Å². The fraction of sp³-hybridized carbons (Fsp3) is 0.625. The van der Waals surface area contributed by atoms with Crippen LogP contribution in [-0.4, -0.2) is 17.8 Å². The number of hydrogen-bond donors (Lipinski definition) is 1. The van der Waals surface area contributed by atoms with E-state index in [2.05, 4.69) is 57.3 Å². The Kier molecular flexibility index (Phi) is 7.45. The smallest absolute Gasteiger partial charge is 0.0187 e. The van der Waals surface area contributed by atoms with E-state index in [4.69, 9.17) is 0 Å². The van der Waals surface area contributed by atoms with Gasteiger partial charge in [-0.2, -0.15) is 11.8 Å². The fourth-order valence-corrected chi connectivity index (χ4v) is 2.88. The highest BCUT2D eigenvalue weighted by Crippen LogP contribution is 2.18. The highest BCUT2D eigenvalue weighted by atomic mass is 32.2. The molecule has 1 rings (SSSR count). The van der Waals surface area contributed by atoms with Crippen molar-refractivity contribution in [2.45, 2.75) is 57.6 Å². The van der Waals surface area contributed by atoms with E-state index in [0.717, 1.165) is 12.3 Å². The van der Waals surface area contributed by atoms with Gasteiger partial charge in [0.15, 0.2) is 0 Å². The number of benzene rings is 1. The van der Waals surface area contributed by atoms with Gasteiger partial charge in [-0.05, 0) is 25.3 Å². The average Bonchev–Trinajstić information content (AvgIpc) is 2.37. The molecule has 1 unspecified atom stereocenters. The Bertz CT molecular complexity index is 334. The number of rotatable bonds is 8. The first-order chi connectivity index (χ1) is 8.65. The molecule has 0 aliphatic rings. The van der Waals surface area contributed by atoms with Gasteiger partial charge in [-0.1, -0.05) is 50.6 Å². The molecule has 1 atom stereocenters. The first-order valence-corrected chi connectivity index (χ1v) is 8.11. The predicted octanol–water partition coefficient (Wildman–Crippen LogP) is 4.39. The van der Waals surface area contributed by atoms with Crippen molar-refractivity contribution in [3.8, 4) is 0 Å². The van der Waals surface area contributed by atoms with Gasteiger partial charge in [0.05, 0.1) is 0 Å². The standard InChI is InChI=1S/C16H27NS/c1-5-16(6-2)17-11-14(4)18-12-15-9-7-8-13(3)10-15/h7-10,14,16-17H,5-6,11-12H2,1-4H3. The van der Waals surface area contributed by atoms with Crippen LogP contribution in [0.25, 0.3) is 0 Å². The van der Waals surface area contributed by atoms with E-state index < -0.39 is 0 Å². The van der Waals surface area contributed by atoms with Crippen LogP contribution < -0.4 is 5.32 Å². The van der Waals surface area contributed by atoms with Crippen molar-refractivity contribution < 1.29 is 0 Å².